The Kier molecular flexibility index (Phi) is 18.3. The van der Waals surface area contributed by atoms with Gasteiger partial charge < -0.3 is 43.2 Å². The molecule has 1 fully saturated rings. The number of alkyl carbamates (subject to hydrolysis) is 2. The van der Waals surface area contributed by atoms with Crippen molar-refractivity contribution in [2.24, 2.45) is 4.99 Å². The molecular weight excluding hydrogens is 696 g/mol. The number of nitrogens with zero attached hydrogens (tertiary/aromatic N) is 1. The van der Waals surface area contributed by atoms with E-state index in [-0.39, 0.29) is 32.0 Å². The van der Waals surface area contributed by atoms with Crippen LogP contribution in [0.2, 0.25) is 0 Å². The fraction of sp³-hybridized carbons (Fsp3) is 0.750. The third kappa shape index (κ3) is 18.5. The molecule has 296 valence electrons. The second-order valence-electron chi connectivity index (χ2n) is 13.2. The Bertz CT molecular complexity index is 1290. The molecule has 0 spiro atoms. The SMILES string of the molecule is CCOC(=O)NC(=NCCC[C@H](NC(=O)OC(C)(C)C)C(=O)OC(C)(C)C)NO[C@@H]1O[C@H](COC(C)=O)[C@H](OC(C)=O)[C@H](OC(C)=O)[C@H]1OC(C)=O. The van der Waals surface area contributed by atoms with Crippen molar-refractivity contribution in [3.8, 4) is 0 Å². The number of amides is 2. The van der Waals surface area contributed by atoms with Gasteiger partial charge in [0.2, 0.25) is 12.2 Å². The number of carbonyl (C=O) groups excluding carboxylic acids is 7. The van der Waals surface area contributed by atoms with Crippen molar-refractivity contribution in [1.82, 2.24) is 16.1 Å². The van der Waals surface area contributed by atoms with E-state index >= 15 is 0 Å². The summed E-state index contributed by atoms with van der Waals surface area (Å²) in [6.45, 7) is 15.3. The van der Waals surface area contributed by atoms with E-state index in [0.29, 0.717) is 0 Å². The Balaban J connectivity index is 3.34. The van der Waals surface area contributed by atoms with Gasteiger partial charge in [0.1, 0.15) is 30.0 Å². The maximum Gasteiger partial charge on any atom is 0.413 e. The maximum absolute atomic E-state index is 12.9. The van der Waals surface area contributed by atoms with Gasteiger partial charge in [0, 0.05) is 34.2 Å². The van der Waals surface area contributed by atoms with Gasteiger partial charge in [0.05, 0.1) is 6.61 Å². The van der Waals surface area contributed by atoms with Crippen molar-refractivity contribution in [1.29, 1.82) is 0 Å². The smallest absolute Gasteiger partial charge is 0.413 e. The second-order valence-corrected chi connectivity index (χ2v) is 13.2. The third-order valence-electron chi connectivity index (χ3n) is 6.02. The topological polar surface area (TPSA) is 251 Å². The Labute approximate surface area is 302 Å². The molecule has 20 nitrogen and oxygen atoms in total. The molecule has 1 saturated heterocycles. The first kappa shape index (κ1) is 45.3. The molecule has 20 heteroatoms. The molecule has 1 heterocycles. The van der Waals surface area contributed by atoms with Crippen LogP contribution in [0.4, 0.5) is 9.59 Å². The molecule has 0 aromatic carbocycles. The predicted molar refractivity (Wildman–Crippen MR) is 177 cm³/mol. The Hall–Kier alpha value is -4.72. The van der Waals surface area contributed by atoms with Gasteiger partial charge in [-0.15, -0.1) is 0 Å². The van der Waals surface area contributed by atoms with Crippen molar-refractivity contribution in [2.75, 3.05) is 19.8 Å². The fourth-order valence-electron chi connectivity index (χ4n) is 4.32. The highest BCUT2D eigenvalue weighted by Crippen LogP contribution is 2.29. The average molecular weight is 749 g/mol. The van der Waals surface area contributed by atoms with E-state index in [0.717, 1.165) is 27.7 Å². The molecule has 0 radical (unpaired) electrons. The van der Waals surface area contributed by atoms with E-state index in [1.165, 1.54) is 0 Å². The van der Waals surface area contributed by atoms with E-state index in [1.807, 2.05) is 0 Å². The monoisotopic (exact) mass is 748 g/mol. The molecule has 0 saturated carbocycles. The molecule has 0 aromatic rings. The van der Waals surface area contributed by atoms with Gasteiger partial charge in [-0.2, -0.15) is 0 Å². The van der Waals surface area contributed by atoms with Gasteiger partial charge >= 0.3 is 42.0 Å². The quantitative estimate of drug-likeness (QED) is 0.0571. The van der Waals surface area contributed by atoms with Crippen molar-refractivity contribution in [3.05, 3.63) is 0 Å². The third-order valence-corrected chi connectivity index (χ3v) is 6.02. The number of aliphatic imine (C=N–C) groups is 1. The zero-order valence-electron chi connectivity index (χ0n) is 31.5. The van der Waals surface area contributed by atoms with Gasteiger partial charge in [-0.1, -0.05) is 0 Å². The van der Waals surface area contributed by atoms with Gasteiger partial charge in [-0.3, -0.25) is 29.5 Å². The number of carbonyl (C=O) groups is 7. The van der Waals surface area contributed by atoms with E-state index in [9.17, 15) is 33.6 Å². The molecule has 52 heavy (non-hydrogen) atoms. The molecular formula is C32H52N4O16. The average Bonchev–Trinajstić information content (AvgIpc) is 2.96. The van der Waals surface area contributed by atoms with Gasteiger partial charge in [0.25, 0.3) is 0 Å². The number of nitrogens with one attached hydrogen (secondary N) is 3. The summed E-state index contributed by atoms with van der Waals surface area (Å²) in [5.74, 6) is -4.30. The number of esters is 5. The lowest BCUT2D eigenvalue weighted by Crippen LogP contribution is -2.64. The van der Waals surface area contributed by atoms with Gasteiger partial charge in [-0.25, -0.2) is 24.7 Å². The maximum atomic E-state index is 12.9. The van der Waals surface area contributed by atoms with Crippen LogP contribution in [0.1, 0.15) is 89.0 Å². The summed E-state index contributed by atoms with van der Waals surface area (Å²) in [6, 6.07) is -1.12. The number of ether oxygens (including phenoxy) is 8. The summed E-state index contributed by atoms with van der Waals surface area (Å²) in [4.78, 5) is 95.4. The summed E-state index contributed by atoms with van der Waals surface area (Å²) in [6.07, 6.45) is -9.10. The molecule has 2 amide bonds. The lowest BCUT2D eigenvalue weighted by atomic mass is 9.98. The van der Waals surface area contributed by atoms with Crippen LogP contribution in [0.3, 0.4) is 0 Å². The summed E-state index contributed by atoms with van der Waals surface area (Å²) < 4.78 is 42.6. The summed E-state index contributed by atoms with van der Waals surface area (Å²) >= 11 is 0. The van der Waals surface area contributed by atoms with Crippen LogP contribution in [0.15, 0.2) is 4.99 Å². The Morgan fingerprint density at radius 2 is 1.29 bits per heavy atom. The summed E-state index contributed by atoms with van der Waals surface area (Å²) in [5, 5.41) is 4.83. The molecule has 0 aromatic heterocycles. The minimum Gasteiger partial charge on any atom is -0.463 e. The summed E-state index contributed by atoms with van der Waals surface area (Å²) in [7, 11) is 0. The van der Waals surface area contributed by atoms with E-state index < -0.39 is 96.6 Å². The van der Waals surface area contributed by atoms with E-state index in [1.54, 1.807) is 48.5 Å². The highest BCUT2D eigenvalue weighted by molar-refractivity contribution is 5.93. The van der Waals surface area contributed by atoms with E-state index in [4.69, 9.17) is 42.7 Å². The zero-order chi connectivity index (χ0) is 39.8. The number of guanidine groups is 1. The van der Waals surface area contributed by atoms with Crippen LogP contribution >= 0.6 is 0 Å². The molecule has 1 rings (SSSR count). The van der Waals surface area contributed by atoms with E-state index in [2.05, 4.69) is 21.1 Å². The first-order chi connectivity index (χ1) is 24.0. The highest BCUT2D eigenvalue weighted by atomic mass is 16.8. The first-order valence-corrected chi connectivity index (χ1v) is 16.4. The Morgan fingerprint density at radius 3 is 1.81 bits per heavy atom. The summed E-state index contributed by atoms with van der Waals surface area (Å²) in [5.41, 5.74) is 0.700. The molecule has 3 N–H and O–H groups in total. The number of rotatable bonds is 14. The lowest BCUT2D eigenvalue weighted by molar-refractivity contribution is -0.316. The van der Waals surface area contributed by atoms with Crippen LogP contribution < -0.4 is 16.1 Å². The highest BCUT2D eigenvalue weighted by Gasteiger charge is 2.53. The minimum absolute atomic E-state index is 0.00638. The molecule has 0 bridgehead atoms. The van der Waals surface area contributed by atoms with Crippen LogP contribution in [-0.4, -0.2) is 116 Å². The van der Waals surface area contributed by atoms with Crippen LogP contribution in [0, 0.1) is 0 Å². The van der Waals surface area contributed by atoms with Crippen LogP contribution in [-0.2, 0) is 66.7 Å². The molecule has 0 aliphatic carbocycles. The zero-order valence-corrected chi connectivity index (χ0v) is 31.5. The van der Waals surface area contributed by atoms with Crippen molar-refractivity contribution in [2.45, 2.75) is 137 Å². The fourth-order valence-corrected chi connectivity index (χ4v) is 4.32. The Morgan fingerprint density at radius 1 is 0.731 bits per heavy atom. The number of hydroxylamine groups is 1. The lowest BCUT2D eigenvalue weighted by Gasteiger charge is -2.43. The minimum atomic E-state index is -1.66. The molecule has 0 unspecified atom stereocenters. The van der Waals surface area contributed by atoms with Gasteiger partial charge in [0.15, 0.2) is 18.3 Å². The second kappa shape index (κ2) is 21.0. The first-order valence-electron chi connectivity index (χ1n) is 16.4. The molecule has 1 aliphatic rings. The van der Waals surface area contributed by atoms with Gasteiger partial charge in [-0.05, 0) is 61.3 Å². The van der Waals surface area contributed by atoms with Crippen molar-refractivity contribution >= 4 is 48.0 Å². The van der Waals surface area contributed by atoms with Crippen molar-refractivity contribution < 1.29 is 76.3 Å². The van der Waals surface area contributed by atoms with Crippen molar-refractivity contribution in [3.63, 3.8) is 0 Å². The molecule has 6 atom stereocenters. The number of hydrogen-bond acceptors (Lipinski definition) is 17. The number of hydrogen-bond donors (Lipinski definition) is 3. The van der Waals surface area contributed by atoms with Crippen LogP contribution in [0.5, 0.6) is 0 Å². The predicted octanol–water partition coefficient (Wildman–Crippen LogP) is 1.71. The van der Waals surface area contributed by atoms with Crippen LogP contribution in [0.25, 0.3) is 0 Å². The normalized spacial score (nSPS) is 21.0. The molecule has 1 aliphatic heterocycles. The largest absolute Gasteiger partial charge is 0.463 e. The standard InChI is InChI=1S/C32H52N4O16/c1-12-44-29(42)35-28(33-15-13-14-21(26(41)50-31(6,7)8)34-30(43)51-32(9,10)11)36-52-27-25(48-20(5)40)24(47-19(4)39)23(46-18(3)38)22(49-27)16-45-17(2)37/h21-25,27H,12-16H2,1-11H3,(H,34,43)(H2,33,35,36,42)/t21-,22+,23-,24-,25+,27-/m0/s1.